The van der Waals surface area contributed by atoms with E-state index in [0.29, 0.717) is 11.5 Å². The Labute approximate surface area is 94.4 Å². The summed E-state index contributed by atoms with van der Waals surface area (Å²) in [5.41, 5.74) is 0.384. The van der Waals surface area contributed by atoms with Gasteiger partial charge in [0, 0.05) is 11.8 Å². The zero-order valence-corrected chi connectivity index (χ0v) is 11.3. The summed E-state index contributed by atoms with van der Waals surface area (Å²) in [6.07, 6.45) is 2.67. The zero-order chi connectivity index (χ0) is 11.0. The van der Waals surface area contributed by atoms with E-state index in [1.54, 1.807) is 0 Å². The first-order chi connectivity index (χ1) is 6.52. The van der Waals surface area contributed by atoms with Crippen molar-refractivity contribution in [2.75, 3.05) is 18.1 Å². The van der Waals surface area contributed by atoms with E-state index in [-0.39, 0.29) is 0 Å². The molecule has 0 rings (SSSR count). The van der Waals surface area contributed by atoms with Crippen molar-refractivity contribution in [2.24, 2.45) is 5.41 Å². The van der Waals surface area contributed by atoms with E-state index in [1.165, 1.54) is 24.3 Å². The fraction of sp³-hybridized carbons (Fsp3) is 1.00. The maximum absolute atomic E-state index is 3.58. The maximum atomic E-state index is 3.58. The van der Waals surface area contributed by atoms with Crippen molar-refractivity contribution < 1.29 is 0 Å². The highest BCUT2D eigenvalue weighted by molar-refractivity contribution is 7.99. The van der Waals surface area contributed by atoms with E-state index in [2.05, 4.69) is 51.7 Å². The zero-order valence-electron chi connectivity index (χ0n) is 10.5. The predicted molar refractivity (Wildman–Crippen MR) is 69.2 cm³/mol. The third-order valence-electron chi connectivity index (χ3n) is 2.42. The molecule has 0 aliphatic heterocycles. The molecular weight excluding hydrogens is 190 g/mol. The van der Waals surface area contributed by atoms with Crippen LogP contribution >= 0.6 is 11.8 Å². The van der Waals surface area contributed by atoms with Crippen molar-refractivity contribution in [3.05, 3.63) is 0 Å². The number of hydrogen-bond donors (Lipinski definition) is 1. The highest BCUT2D eigenvalue weighted by Crippen LogP contribution is 2.22. The van der Waals surface area contributed by atoms with Crippen LogP contribution in [0.15, 0.2) is 0 Å². The maximum Gasteiger partial charge on any atom is 0.0206 e. The molecule has 0 saturated carbocycles. The second-order valence-electron chi connectivity index (χ2n) is 4.90. The van der Waals surface area contributed by atoms with Crippen molar-refractivity contribution in [3.63, 3.8) is 0 Å². The van der Waals surface area contributed by atoms with Crippen molar-refractivity contribution >= 4 is 11.8 Å². The molecule has 0 radical (unpaired) electrons. The fourth-order valence-electron chi connectivity index (χ4n) is 1.31. The third-order valence-corrected chi connectivity index (χ3v) is 3.57. The topological polar surface area (TPSA) is 12.0 Å². The second-order valence-corrected chi connectivity index (χ2v) is 6.05. The second kappa shape index (κ2) is 7.58. The summed E-state index contributed by atoms with van der Waals surface area (Å²) in [6, 6.07) is 0.648. The molecule has 0 bridgehead atoms. The van der Waals surface area contributed by atoms with Crippen LogP contribution in [0.1, 0.15) is 47.5 Å². The summed E-state index contributed by atoms with van der Waals surface area (Å²) >= 11 is 2.09. The largest absolute Gasteiger partial charge is 0.313 e. The summed E-state index contributed by atoms with van der Waals surface area (Å²) in [7, 11) is 0. The van der Waals surface area contributed by atoms with Crippen molar-refractivity contribution in [3.8, 4) is 0 Å². The van der Waals surface area contributed by atoms with Gasteiger partial charge in [0.1, 0.15) is 0 Å². The average Bonchev–Trinajstić information content (AvgIpc) is 2.08. The van der Waals surface area contributed by atoms with Crippen molar-refractivity contribution in [1.82, 2.24) is 5.32 Å². The molecule has 1 N–H and O–H groups in total. The minimum atomic E-state index is 0.384. The van der Waals surface area contributed by atoms with Gasteiger partial charge in [-0.1, -0.05) is 41.0 Å². The van der Waals surface area contributed by atoms with Crippen molar-refractivity contribution in [1.29, 1.82) is 0 Å². The number of thioether (sulfide) groups is 1. The smallest absolute Gasteiger partial charge is 0.0206 e. The summed E-state index contributed by atoms with van der Waals surface area (Å²) in [5, 5.41) is 3.58. The van der Waals surface area contributed by atoms with Crippen LogP contribution in [-0.4, -0.2) is 24.1 Å². The molecule has 1 nitrogen and oxygen atoms in total. The Morgan fingerprint density at radius 2 is 1.86 bits per heavy atom. The Kier molecular flexibility index (Phi) is 7.75. The van der Waals surface area contributed by atoms with E-state index < -0.39 is 0 Å². The van der Waals surface area contributed by atoms with E-state index in [4.69, 9.17) is 0 Å². The highest BCUT2D eigenvalue weighted by atomic mass is 32.2. The van der Waals surface area contributed by atoms with Crippen LogP contribution in [0.2, 0.25) is 0 Å². The first-order valence-electron chi connectivity index (χ1n) is 5.83. The van der Waals surface area contributed by atoms with Gasteiger partial charge in [-0.15, -0.1) is 0 Å². The molecule has 0 spiro atoms. The molecule has 2 heteroatoms. The fourth-order valence-corrected chi connectivity index (χ4v) is 2.82. The Hall–Kier alpha value is 0.310. The van der Waals surface area contributed by atoms with Gasteiger partial charge in [0.2, 0.25) is 0 Å². The molecule has 14 heavy (non-hydrogen) atoms. The normalized spacial score (nSPS) is 14.4. The third kappa shape index (κ3) is 6.72. The quantitative estimate of drug-likeness (QED) is 0.655. The van der Waals surface area contributed by atoms with Crippen LogP contribution in [0, 0.1) is 5.41 Å². The van der Waals surface area contributed by atoms with Gasteiger partial charge in [-0.05, 0) is 24.1 Å². The number of nitrogens with one attached hydrogen (secondary N) is 1. The molecule has 0 heterocycles. The molecule has 0 aliphatic rings. The van der Waals surface area contributed by atoms with Crippen LogP contribution < -0.4 is 5.32 Å². The van der Waals surface area contributed by atoms with E-state index in [1.807, 2.05) is 0 Å². The van der Waals surface area contributed by atoms with Gasteiger partial charge in [0.15, 0.2) is 0 Å². The van der Waals surface area contributed by atoms with Crippen LogP contribution in [0.4, 0.5) is 0 Å². The molecule has 0 amide bonds. The molecule has 86 valence electrons. The summed E-state index contributed by atoms with van der Waals surface area (Å²) in [6.45, 7) is 12.5. The van der Waals surface area contributed by atoms with Gasteiger partial charge in [0.05, 0.1) is 0 Å². The van der Waals surface area contributed by atoms with Gasteiger partial charge in [0.25, 0.3) is 0 Å². The molecule has 1 unspecified atom stereocenters. The standard InChI is InChI=1S/C12H27NS/c1-6-8-9-14-10-11(13-7-2)12(3,4)5/h11,13H,6-10H2,1-5H3. The SMILES string of the molecule is CCCCSCC(NCC)C(C)(C)C. The molecule has 0 aromatic heterocycles. The summed E-state index contributed by atoms with van der Waals surface area (Å²) in [4.78, 5) is 0. The summed E-state index contributed by atoms with van der Waals surface area (Å²) in [5.74, 6) is 2.56. The molecule has 0 saturated heterocycles. The van der Waals surface area contributed by atoms with E-state index >= 15 is 0 Å². The molecular formula is C12H27NS. The minimum absolute atomic E-state index is 0.384. The first-order valence-corrected chi connectivity index (χ1v) is 6.99. The Morgan fingerprint density at radius 1 is 1.21 bits per heavy atom. The van der Waals surface area contributed by atoms with Gasteiger partial charge in [-0.3, -0.25) is 0 Å². The van der Waals surface area contributed by atoms with Gasteiger partial charge >= 0.3 is 0 Å². The number of unbranched alkanes of at least 4 members (excludes halogenated alkanes) is 1. The van der Waals surface area contributed by atoms with Gasteiger partial charge < -0.3 is 5.32 Å². The van der Waals surface area contributed by atoms with E-state index in [0.717, 1.165) is 6.54 Å². The lowest BCUT2D eigenvalue weighted by atomic mass is 9.88. The van der Waals surface area contributed by atoms with Crippen LogP contribution in [0.25, 0.3) is 0 Å². The van der Waals surface area contributed by atoms with Crippen LogP contribution in [0.3, 0.4) is 0 Å². The lowest BCUT2D eigenvalue weighted by molar-refractivity contribution is 0.295. The Morgan fingerprint density at radius 3 is 2.29 bits per heavy atom. The van der Waals surface area contributed by atoms with Gasteiger partial charge in [-0.25, -0.2) is 0 Å². The lowest BCUT2D eigenvalue weighted by Gasteiger charge is -2.31. The lowest BCUT2D eigenvalue weighted by Crippen LogP contribution is -2.42. The molecule has 0 aliphatic carbocycles. The average molecular weight is 217 g/mol. The highest BCUT2D eigenvalue weighted by Gasteiger charge is 2.22. The van der Waals surface area contributed by atoms with Gasteiger partial charge in [-0.2, -0.15) is 11.8 Å². The monoisotopic (exact) mass is 217 g/mol. The van der Waals surface area contributed by atoms with Crippen molar-refractivity contribution in [2.45, 2.75) is 53.5 Å². The Balaban J connectivity index is 3.74. The molecule has 0 aromatic rings. The summed E-state index contributed by atoms with van der Waals surface area (Å²) < 4.78 is 0. The number of rotatable bonds is 7. The molecule has 1 atom stereocenters. The first kappa shape index (κ1) is 14.3. The predicted octanol–water partition coefficient (Wildman–Crippen LogP) is 3.54. The number of hydrogen-bond acceptors (Lipinski definition) is 2. The minimum Gasteiger partial charge on any atom is -0.313 e. The molecule has 0 fully saturated rings. The van der Waals surface area contributed by atoms with Crippen LogP contribution in [-0.2, 0) is 0 Å². The van der Waals surface area contributed by atoms with E-state index in [9.17, 15) is 0 Å². The van der Waals surface area contributed by atoms with Crippen LogP contribution in [0.5, 0.6) is 0 Å². The Bertz CT molecular complexity index is 129. The molecule has 0 aromatic carbocycles.